The fourth-order valence-corrected chi connectivity index (χ4v) is 1.34. The van der Waals surface area contributed by atoms with Crippen LogP contribution in [0.2, 0.25) is 0 Å². The third kappa shape index (κ3) is 3.70. The van der Waals surface area contributed by atoms with Crippen LogP contribution in [-0.4, -0.2) is 41.9 Å². The first-order chi connectivity index (χ1) is 7.49. The Morgan fingerprint density at radius 2 is 2.06 bits per heavy atom. The number of carbonyl (C=O) groups is 2. The van der Waals surface area contributed by atoms with Gasteiger partial charge in [-0.25, -0.2) is 0 Å². The van der Waals surface area contributed by atoms with Gasteiger partial charge >= 0.3 is 5.97 Å². The van der Waals surface area contributed by atoms with E-state index in [0.29, 0.717) is 11.3 Å². The lowest BCUT2D eigenvalue weighted by atomic mass is 10.1. The molecule has 0 aliphatic rings. The number of carbonyl (C=O) groups excluding carboxylic acids is 1. The molecule has 0 atom stereocenters. The van der Waals surface area contributed by atoms with Gasteiger partial charge < -0.3 is 10.8 Å². The summed E-state index contributed by atoms with van der Waals surface area (Å²) in [4.78, 5) is 23.5. The summed E-state index contributed by atoms with van der Waals surface area (Å²) in [6, 6.07) is 6.63. The van der Waals surface area contributed by atoms with Crippen molar-refractivity contribution in [2.45, 2.75) is 0 Å². The number of nitrogen functional groups attached to an aromatic ring is 1. The highest BCUT2D eigenvalue weighted by Crippen LogP contribution is 2.07. The summed E-state index contributed by atoms with van der Waals surface area (Å²) in [6.07, 6.45) is 0. The Kier molecular flexibility index (Phi) is 4.02. The first-order valence-electron chi connectivity index (χ1n) is 4.78. The van der Waals surface area contributed by atoms with E-state index in [4.69, 9.17) is 10.8 Å². The minimum atomic E-state index is -0.956. The monoisotopic (exact) mass is 222 g/mol. The van der Waals surface area contributed by atoms with Crippen molar-refractivity contribution in [1.82, 2.24) is 4.90 Å². The molecule has 1 rings (SSSR count). The minimum absolute atomic E-state index is 0.0652. The Morgan fingerprint density at radius 3 is 2.62 bits per heavy atom. The smallest absolute Gasteiger partial charge is 0.317 e. The molecule has 0 unspecified atom stereocenters. The van der Waals surface area contributed by atoms with Crippen LogP contribution in [0.3, 0.4) is 0 Å². The van der Waals surface area contributed by atoms with Crippen molar-refractivity contribution in [2.75, 3.05) is 25.9 Å². The van der Waals surface area contributed by atoms with Gasteiger partial charge in [0.15, 0.2) is 5.78 Å². The van der Waals surface area contributed by atoms with E-state index in [2.05, 4.69) is 0 Å². The highest BCUT2D eigenvalue weighted by Gasteiger charge is 2.11. The van der Waals surface area contributed by atoms with E-state index >= 15 is 0 Å². The van der Waals surface area contributed by atoms with Gasteiger partial charge in [0.25, 0.3) is 0 Å². The molecule has 16 heavy (non-hydrogen) atoms. The molecule has 0 aliphatic carbocycles. The SMILES string of the molecule is CN(CC(=O)O)CC(=O)c1cccc(N)c1. The molecular weight excluding hydrogens is 208 g/mol. The van der Waals surface area contributed by atoms with Crippen LogP contribution in [0.15, 0.2) is 24.3 Å². The van der Waals surface area contributed by atoms with Gasteiger partial charge in [0, 0.05) is 11.3 Å². The fraction of sp³-hybridized carbons (Fsp3) is 0.273. The largest absolute Gasteiger partial charge is 0.480 e. The van der Waals surface area contributed by atoms with Gasteiger partial charge in [0.1, 0.15) is 0 Å². The predicted molar refractivity (Wildman–Crippen MR) is 60.3 cm³/mol. The van der Waals surface area contributed by atoms with Gasteiger partial charge in [-0.1, -0.05) is 12.1 Å². The Labute approximate surface area is 93.5 Å². The summed E-state index contributed by atoms with van der Waals surface area (Å²) < 4.78 is 0. The molecule has 0 amide bonds. The lowest BCUT2D eigenvalue weighted by Crippen LogP contribution is -2.31. The van der Waals surface area contributed by atoms with E-state index < -0.39 is 5.97 Å². The van der Waals surface area contributed by atoms with Gasteiger partial charge in [-0.15, -0.1) is 0 Å². The zero-order valence-corrected chi connectivity index (χ0v) is 9.01. The van der Waals surface area contributed by atoms with Gasteiger partial charge in [-0.3, -0.25) is 14.5 Å². The van der Waals surface area contributed by atoms with Crippen molar-refractivity contribution in [3.63, 3.8) is 0 Å². The molecule has 86 valence electrons. The van der Waals surface area contributed by atoms with Gasteiger partial charge in [-0.2, -0.15) is 0 Å². The van der Waals surface area contributed by atoms with E-state index in [-0.39, 0.29) is 18.9 Å². The van der Waals surface area contributed by atoms with Crippen molar-refractivity contribution < 1.29 is 14.7 Å². The average Bonchev–Trinajstić information content (AvgIpc) is 2.16. The van der Waals surface area contributed by atoms with Gasteiger partial charge in [0.05, 0.1) is 13.1 Å². The highest BCUT2D eigenvalue weighted by atomic mass is 16.4. The van der Waals surface area contributed by atoms with Crippen molar-refractivity contribution >= 4 is 17.4 Å². The number of aliphatic carboxylic acids is 1. The lowest BCUT2D eigenvalue weighted by molar-refractivity contribution is -0.137. The second-order valence-electron chi connectivity index (χ2n) is 3.61. The van der Waals surface area contributed by atoms with Crippen LogP contribution in [0.1, 0.15) is 10.4 Å². The molecule has 1 aromatic carbocycles. The molecule has 0 fully saturated rings. The van der Waals surface area contributed by atoms with Crippen LogP contribution >= 0.6 is 0 Å². The molecule has 1 aromatic rings. The van der Waals surface area contributed by atoms with E-state index in [1.54, 1.807) is 31.3 Å². The number of nitrogens with two attached hydrogens (primary N) is 1. The summed E-state index contributed by atoms with van der Waals surface area (Å²) in [6.45, 7) is -0.0934. The average molecular weight is 222 g/mol. The molecule has 5 heteroatoms. The maximum atomic E-state index is 11.7. The number of likely N-dealkylation sites (N-methyl/N-ethyl adjacent to an activating group) is 1. The normalized spacial score (nSPS) is 10.4. The summed E-state index contributed by atoms with van der Waals surface area (Å²) in [5.74, 6) is -1.10. The molecule has 0 spiro atoms. The highest BCUT2D eigenvalue weighted by molar-refractivity contribution is 5.98. The predicted octanol–water partition coefficient (Wildman–Crippen LogP) is 0.468. The van der Waals surface area contributed by atoms with Crippen LogP contribution in [0.5, 0.6) is 0 Å². The number of anilines is 1. The molecule has 0 aliphatic heterocycles. The standard InChI is InChI=1S/C11H14N2O3/c1-13(7-11(15)16)6-10(14)8-3-2-4-9(12)5-8/h2-5H,6-7,12H2,1H3,(H,15,16). The quantitative estimate of drug-likeness (QED) is 0.559. The summed E-state index contributed by atoms with van der Waals surface area (Å²) in [5.41, 5.74) is 6.57. The van der Waals surface area contributed by atoms with Crippen LogP contribution in [0, 0.1) is 0 Å². The second kappa shape index (κ2) is 5.27. The number of benzene rings is 1. The number of carboxylic acids is 1. The number of hydrogen-bond donors (Lipinski definition) is 2. The fourth-order valence-electron chi connectivity index (χ4n) is 1.34. The topological polar surface area (TPSA) is 83.6 Å². The Morgan fingerprint density at radius 1 is 1.38 bits per heavy atom. The number of nitrogens with zero attached hydrogens (tertiary/aromatic N) is 1. The molecule has 0 saturated carbocycles. The van der Waals surface area contributed by atoms with E-state index in [1.165, 1.54) is 4.90 Å². The Balaban J connectivity index is 2.62. The van der Waals surface area contributed by atoms with Crippen LogP contribution in [-0.2, 0) is 4.79 Å². The zero-order chi connectivity index (χ0) is 12.1. The van der Waals surface area contributed by atoms with E-state index in [1.807, 2.05) is 0 Å². The maximum absolute atomic E-state index is 11.7. The number of Topliss-reactive ketones (excluding diaryl/α,β-unsaturated/α-hetero) is 1. The van der Waals surface area contributed by atoms with Gasteiger partial charge in [0.2, 0.25) is 0 Å². The minimum Gasteiger partial charge on any atom is -0.480 e. The number of ketones is 1. The zero-order valence-electron chi connectivity index (χ0n) is 9.01. The number of hydrogen-bond acceptors (Lipinski definition) is 4. The van der Waals surface area contributed by atoms with Crippen molar-refractivity contribution in [1.29, 1.82) is 0 Å². The van der Waals surface area contributed by atoms with E-state index in [9.17, 15) is 9.59 Å². The third-order valence-electron chi connectivity index (χ3n) is 2.03. The first kappa shape index (κ1) is 12.2. The molecule has 0 saturated heterocycles. The summed E-state index contributed by atoms with van der Waals surface area (Å²) in [5, 5.41) is 8.54. The summed E-state index contributed by atoms with van der Waals surface area (Å²) >= 11 is 0. The number of carboxylic acid groups (broad SMARTS) is 1. The lowest BCUT2D eigenvalue weighted by Gasteiger charge is -2.12. The molecule has 0 bridgehead atoms. The van der Waals surface area contributed by atoms with Crippen molar-refractivity contribution in [3.05, 3.63) is 29.8 Å². The second-order valence-corrected chi connectivity index (χ2v) is 3.61. The third-order valence-corrected chi connectivity index (χ3v) is 2.03. The Hall–Kier alpha value is -1.88. The molecule has 0 aromatic heterocycles. The maximum Gasteiger partial charge on any atom is 0.317 e. The molecular formula is C11H14N2O3. The molecule has 3 N–H and O–H groups in total. The van der Waals surface area contributed by atoms with Crippen molar-refractivity contribution in [2.24, 2.45) is 0 Å². The molecule has 0 heterocycles. The van der Waals surface area contributed by atoms with Gasteiger partial charge in [-0.05, 0) is 19.2 Å². The van der Waals surface area contributed by atoms with Crippen LogP contribution < -0.4 is 5.73 Å². The first-order valence-corrected chi connectivity index (χ1v) is 4.78. The van der Waals surface area contributed by atoms with Crippen LogP contribution in [0.4, 0.5) is 5.69 Å². The molecule has 0 radical (unpaired) electrons. The van der Waals surface area contributed by atoms with Crippen molar-refractivity contribution in [3.8, 4) is 0 Å². The van der Waals surface area contributed by atoms with Crippen LogP contribution in [0.25, 0.3) is 0 Å². The summed E-state index contributed by atoms with van der Waals surface area (Å²) in [7, 11) is 1.58. The molecule has 5 nitrogen and oxygen atoms in total. The van der Waals surface area contributed by atoms with E-state index in [0.717, 1.165) is 0 Å². The Bertz CT molecular complexity index is 404. The number of rotatable bonds is 5.